The molecular formula is C14H20. The van der Waals surface area contributed by atoms with Crippen molar-refractivity contribution in [2.75, 3.05) is 0 Å². The topological polar surface area (TPSA) is 0 Å². The predicted molar refractivity (Wildman–Crippen MR) is 62.0 cm³/mol. The highest BCUT2D eigenvalue weighted by Gasteiger charge is 2.49. The maximum Gasteiger partial charge on any atom is 0.00940 e. The average molecular weight is 188 g/mol. The van der Waals surface area contributed by atoms with Gasteiger partial charge in [0.25, 0.3) is 0 Å². The molecule has 0 heterocycles. The number of hydrogen-bond acceptors (Lipinski definition) is 0. The maximum atomic E-state index is 4.29. The summed E-state index contributed by atoms with van der Waals surface area (Å²) in [6.07, 6.45) is 12.9. The van der Waals surface area contributed by atoms with Crippen LogP contribution < -0.4 is 0 Å². The smallest absolute Gasteiger partial charge is 0.00940 e. The number of hydrogen-bond donors (Lipinski definition) is 0. The number of rotatable bonds is 2. The molecule has 0 nitrogen and oxygen atoms in total. The molecule has 3 unspecified atom stereocenters. The standard InChI is InChI=1S/C14H20/c1-4-5-6-9-14(3)11(2)12-7-8-13(14)10-12/h4-6,9,12-13H,2,7-8,10H2,1,3H3. The highest BCUT2D eigenvalue weighted by atomic mass is 14.5. The van der Waals surface area contributed by atoms with Gasteiger partial charge >= 0.3 is 0 Å². The maximum absolute atomic E-state index is 4.29. The lowest BCUT2D eigenvalue weighted by atomic mass is 9.71. The van der Waals surface area contributed by atoms with Crippen LogP contribution in [0, 0.1) is 17.3 Å². The van der Waals surface area contributed by atoms with Crippen LogP contribution in [-0.4, -0.2) is 0 Å². The Morgan fingerprint density at radius 2 is 2.14 bits per heavy atom. The van der Waals surface area contributed by atoms with Crippen molar-refractivity contribution in [3.8, 4) is 0 Å². The van der Waals surface area contributed by atoms with Gasteiger partial charge in [-0.05, 0) is 38.0 Å². The summed E-state index contributed by atoms with van der Waals surface area (Å²) >= 11 is 0. The molecule has 3 atom stereocenters. The van der Waals surface area contributed by atoms with Crippen molar-refractivity contribution in [2.45, 2.75) is 33.1 Å². The van der Waals surface area contributed by atoms with Gasteiger partial charge in [0, 0.05) is 5.41 Å². The third kappa shape index (κ3) is 1.28. The van der Waals surface area contributed by atoms with Crippen LogP contribution in [0.5, 0.6) is 0 Å². The Kier molecular flexibility index (Phi) is 2.38. The summed E-state index contributed by atoms with van der Waals surface area (Å²) in [7, 11) is 0. The van der Waals surface area contributed by atoms with Crippen LogP contribution in [0.25, 0.3) is 0 Å². The third-order valence-electron chi connectivity index (χ3n) is 4.21. The molecule has 0 N–H and O–H groups in total. The van der Waals surface area contributed by atoms with Crippen LogP contribution >= 0.6 is 0 Å². The van der Waals surface area contributed by atoms with E-state index >= 15 is 0 Å². The van der Waals surface area contributed by atoms with Gasteiger partial charge in [0.15, 0.2) is 0 Å². The predicted octanol–water partition coefficient (Wildman–Crippen LogP) is 4.11. The molecule has 14 heavy (non-hydrogen) atoms. The van der Waals surface area contributed by atoms with Gasteiger partial charge in [-0.3, -0.25) is 0 Å². The van der Waals surface area contributed by atoms with Crippen molar-refractivity contribution in [3.05, 3.63) is 36.5 Å². The van der Waals surface area contributed by atoms with E-state index in [9.17, 15) is 0 Å². The van der Waals surface area contributed by atoms with Crippen LogP contribution in [-0.2, 0) is 0 Å². The molecule has 0 spiro atoms. The van der Waals surface area contributed by atoms with Gasteiger partial charge < -0.3 is 0 Å². The monoisotopic (exact) mass is 188 g/mol. The Morgan fingerprint density at radius 3 is 2.71 bits per heavy atom. The van der Waals surface area contributed by atoms with Gasteiger partial charge in [-0.2, -0.15) is 0 Å². The molecule has 2 saturated carbocycles. The minimum absolute atomic E-state index is 0.294. The molecule has 0 heteroatoms. The van der Waals surface area contributed by atoms with Crippen LogP contribution in [0.4, 0.5) is 0 Å². The minimum Gasteiger partial charge on any atom is -0.0987 e. The van der Waals surface area contributed by atoms with Gasteiger partial charge in [-0.25, -0.2) is 0 Å². The van der Waals surface area contributed by atoms with Crippen molar-refractivity contribution in [3.63, 3.8) is 0 Å². The second kappa shape index (κ2) is 3.42. The second-order valence-corrected chi connectivity index (χ2v) is 4.90. The third-order valence-corrected chi connectivity index (χ3v) is 4.21. The summed E-state index contributed by atoms with van der Waals surface area (Å²) in [5.41, 5.74) is 1.78. The van der Waals surface area contributed by atoms with Gasteiger partial charge in [-0.1, -0.05) is 43.4 Å². The lowest BCUT2D eigenvalue weighted by Gasteiger charge is -2.33. The van der Waals surface area contributed by atoms with Crippen LogP contribution in [0.2, 0.25) is 0 Å². The zero-order valence-corrected chi connectivity index (χ0v) is 9.29. The highest BCUT2D eigenvalue weighted by Crippen LogP contribution is 2.59. The molecule has 0 amide bonds. The van der Waals surface area contributed by atoms with Gasteiger partial charge in [0.05, 0.1) is 0 Å². The van der Waals surface area contributed by atoms with Crippen molar-refractivity contribution < 1.29 is 0 Å². The Morgan fingerprint density at radius 1 is 1.36 bits per heavy atom. The molecule has 2 rings (SSSR count). The Bertz CT molecular complexity index is 295. The minimum atomic E-state index is 0.294. The fourth-order valence-corrected chi connectivity index (χ4v) is 3.15. The van der Waals surface area contributed by atoms with Crippen LogP contribution in [0.1, 0.15) is 33.1 Å². The molecule has 0 radical (unpaired) electrons. The van der Waals surface area contributed by atoms with Gasteiger partial charge in [0.2, 0.25) is 0 Å². The molecule has 2 aliphatic carbocycles. The molecule has 2 bridgehead atoms. The van der Waals surface area contributed by atoms with Gasteiger partial charge in [0.1, 0.15) is 0 Å². The molecule has 0 saturated heterocycles. The molecule has 0 aromatic carbocycles. The van der Waals surface area contributed by atoms with Crippen molar-refractivity contribution in [2.24, 2.45) is 17.3 Å². The SMILES string of the molecule is C=C1C2CCC(C2)C1(C)C=CC=CC. The quantitative estimate of drug-likeness (QED) is 0.452. The van der Waals surface area contributed by atoms with Crippen molar-refractivity contribution in [1.29, 1.82) is 0 Å². The summed E-state index contributed by atoms with van der Waals surface area (Å²) in [6, 6.07) is 0. The van der Waals surface area contributed by atoms with Crippen LogP contribution in [0.15, 0.2) is 36.5 Å². The summed E-state index contributed by atoms with van der Waals surface area (Å²) in [4.78, 5) is 0. The van der Waals surface area contributed by atoms with E-state index in [1.54, 1.807) is 0 Å². The van der Waals surface area contributed by atoms with E-state index < -0.39 is 0 Å². The first-order chi connectivity index (χ1) is 6.68. The first kappa shape index (κ1) is 9.76. The van der Waals surface area contributed by atoms with E-state index in [0.29, 0.717) is 5.41 Å². The summed E-state index contributed by atoms with van der Waals surface area (Å²) < 4.78 is 0. The summed E-state index contributed by atoms with van der Waals surface area (Å²) in [6.45, 7) is 8.71. The largest absolute Gasteiger partial charge is 0.0987 e. The van der Waals surface area contributed by atoms with Crippen LogP contribution in [0.3, 0.4) is 0 Å². The van der Waals surface area contributed by atoms with Crippen molar-refractivity contribution >= 4 is 0 Å². The summed E-state index contributed by atoms with van der Waals surface area (Å²) in [5.74, 6) is 1.68. The molecule has 2 aliphatic rings. The lowest BCUT2D eigenvalue weighted by Crippen LogP contribution is -2.23. The Balaban J connectivity index is 2.19. The zero-order valence-electron chi connectivity index (χ0n) is 9.29. The number of allylic oxidation sites excluding steroid dienone is 5. The molecule has 2 fully saturated rings. The zero-order chi connectivity index (χ0) is 10.2. The van der Waals surface area contributed by atoms with E-state index in [-0.39, 0.29) is 0 Å². The van der Waals surface area contributed by atoms with Crippen molar-refractivity contribution in [1.82, 2.24) is 0 Å². The fraction of sp³-hybridized carbons (Fsp3) is 0.571. The molecule has 0 aromatic rings. The number of fused-ring (bicyclic) bond motifs is 2. The fourth-order valence-electron chi connectivity index (χ4n) is 3.15. The average Bonchev–Trinajstić information content (AvgIpc) is 2.72. The Labute approximate surface area is 87.4 Å². The molecule has 0 aliphatic heterocycles. The molecule has 76 valence electrons. The van der Waals surface area contributed by atoms with E-state index in [2.05, 4.69) is 44.7 Å². The molecule has 0 aromatic heterocycles. The van der Waals surface area contributed by atoms with E-state index in [1.165, 1.54) is 24.8 Å². The molecular weight excluding hydrogens is 168 g/mol. The van der Waals surface area contributed by atoms with E-state index in [0.717, 1.165) is 11.8 Å². The van der Waals surface area contributed by atoms with E-state index in [1.807, 2.05) is 0 Å². The second-order valence-electron chi connectivity index (χ2n) is 4.90. The summed E-state index contributed by atoms with van der Waals surface area (Å²) in [5, 5.41) is 0. The van der Waals surface area contributed by atoms with Gasteiger partial charge in [-0.15, -0.1) is 0 Å². The normalized spacial score (nSPS) is 42.0. The Hall–Kier alpha value is -0.780. The first-order valence-corrected chi connectivity index (χ1v) is 5.68. The highest BCUT2D eigenvalue weighted by molar-refractivity contribution is 5.31. The lowest BCUT2D eigenvalue weighted by molar-refractivity contribution is 0.332. The first-order valence-electron chi connectivity index (χ1n) is 5.68. The van der Waals surface area contributed by atoms with E-state index in [4.69, 9.17) is 0 Å².